The van der Waals surface area contributed by atoms with Gasteiger partial charge in [-0.25, -0.2) is 0 Å². The maximum atomic E-state index is 13.3. The lowest BCUT2D eigenvalue weighted by atomic mass is 9.33. The summed E-state index contributed by atoms with van der Waals surface area (Å²) < 4.78 is 0. The van der Waals surface area contributed by atoms with Crippen molar-refractivity contribution in [1.29, 1.82) is 0 Å². The highest BCUT2D eigenvalue weighted by Gasteiger charge is 2.71. The Morgan fingerprint density at radius 3 is 2.26 bits per heavy atom. The second-order valence-corrected chi connectivity index (χ2v) is 14.9. The fourth-order valence-electron chi connectivity index (χ4n) is 11.0. The van der Waals surface area contributed by atoms with Gasteiger partial charge in [-0.1, -0.05) is 53.2 Å². The Morgan fingerprint density at radius 1 is 0.971 bits per heavy atom. The van der Waals surface area contributed by atoms with Gasteiger partial charge in [-0.05, 0) is 99.2 Å². The van der Waals surface area contributed by atoms with E-state index in [1.807, 2.05) is 6.92 Å². The number of aliphatic hydroxyl groups excluding tert-OH is 1. The number of carbonyl (C=O) groups is 2. The molecule has 0 amide bonds. The highest BCUT2D eigenvalue weighted by molar-refractivity contribution is 5.89. The van der Waals surface area contributed by atoms with Crippen LogP contribution in [-0.2, 0) is 9.59 Å². The first-order chi connectivity index (χ1) is 16.0. The normalized spacial score (nSPS) is 55.1. The molecule has 0 bridgehead atoms. The van der Waals surface area contributed by atoms with Crippen LogP contribution in [0.4, 0.5) is 0 Å². The van der Waals surface area contributed by atoms with Crippen molar-refractivity contribution in [2.45, 2.75) is 118 Å². The minimum Gasteiger partial charge on any atom is -0.389 e. The van der Waals surface area contributed by atoms with E-state index in [-0.39, 0.29) is 45.6 Å². The molecular formula is C31H48O4. The van der Waals surface area contributed by atoms with Gasteiger partial charge in [0, 0.05) is 16.7 Å². The third-order valence-corrected chi connectivity index (χ3v) is 13.5. The van der Waals surface area contributed by atoms with Crippen molar-refractivity contribution in [1.82, 2.24) is 0 Å². The summed E-state index contributed by atoms with van der Waals surface area (Å²) in [5.74, 6) is 0.908. The lowest BCUT2D eigenvalue weighted by Gasteiger charge is -2.71. The summed E-state index contributed by atoms with van der Waals surface area (Å²) in [7, 11) is 0. The predicted molar refractivity (Wildman–Crippen MR) is 138 cm³/mol. The Labute approximate surface area is 212 Å². The maximum Gasteiger partial charge on any atom is 0.167 e. The van der Waals surface area contributed by atoms with Crippen molar-refractivity contribution in [2.24, 2.45) is 50.7 Å². The van der Waals surface area contributed by atoms with Gasteiger partial charge in [0.25, 0.3) is 0 Å². The average molecular weight is 485 g/mol. The van der Waals surface area contributed by atoms with E-state index in [1.165, 1.54) is 5.57 Å². The van der Waals surface area contributed by atoms with Crippen molar-refractivity contribution in [3.63, 3.8) is 0 Å². The van der Waals surface area contributed by atoms with Crippen molar-refractivity contribution >= 4 is 11.6 Å². The van der Waals surface area contributed by atoms with Crippen molar-refractivity contribution in [2.75, 3.05) is 0 Å². The van der Waals surface area contributed by atoms with Gasteiger partial charge in [0.2, 0.25) is 0 Å². The van der Waals surface area contributed by atoms with Gasteiger partial charge in [-0.2, -0.15) is 0 Å². The molecule has 0 heterocycles. The van der Waals surface area contributed by atoms with Crippen molar-refractivity contribution in [3.8, 4) is 0 Å². The Bertz CT molecular complexity index is 992. The fourth-order valence-corrected chi connectivity index (χ4v) is 11.0. The van der Waals surface area contributed by atoms with Crippen LogP contribution in [0.1, 0.15) is 107 Å². The summed E-state index contributed by atoms with van der Waals surface area (Å²) in [6, 6.07) is 0. The summed E-state index contributed by atoms with van der Waals surface area (Å²) in [4.78, 5) is 26.3. The van der Waals surface area contributed by atoms with Gasteiger partial charge in [-0.3, -0.25) is 9.59 Å². The number of allylic oxidation sites excluding steroid dienone is 1. The van der Waals surface area contributed by atoms with E-state index in [9.17, 15) is 19.8 Å². The maximum absolute atomic E-state index is 13.3. The van der Waals surface area contributed by atoms with Crippen LogP contribution in [0.25, 0.3) is 0 Å². The van der Waals surface area contributed by atoms with Gasteiger partial charge in [-0.15, -0.1) is 0 Å². The number of Topliss-reactive ketones (excluding diaryl/α,β-unsaturated/α-hetero) is 2. The molecule has 5 aliphatic carbocycles. The first-order valence-electron chi connectivity index (χ1n) is 14.2. The van der Waals surface area contributed by atoms with Gasteiger partial charge in [0.1, 0.15) is 11.9 Å². The standard InChI is InChI=1S/C31H48O4/c1-18-11-14-31(19(2)32)16-15-28(6)20(24(31)30(18,8)35)9-10-23-27(5)17-21(33)25(34)26(3,4)22(27)12-13-29(23,28)7/h9,18,21-24,33,35H,10-17H2,1-8H3/t18-,21-,22?,23?,24?,27+,28-,29-,30-,31-/m1/s1. The highest BCUT2D eigenvalue weighted by atomic mass is 16.3. The third kappa shape index (κ3) is 2.88. The fraction of sp³-hybridized carbons (Fsp3) is 0.871. The van der Waals surface area contributed by atoms with Gasteiger partial charge < -0.3 is 10.2 Å². The number of hydrogen-bond acceptors (Lipinski definition) is 4. The van der Waals surface area contributed by atoms with Crippen LogP contribution in [0, 0.1) is 50.7 Å². The van der Waals surface area contributed by atoms with Crippen LogP contribution >= 0.6 is 0 Å². The molecule has 0 aliphatic heterocycles. The minimum absolute atomic E-state index is 0.00175. The zero-order chi connectivity index (χ0) is 26.0. The predicted octanol–water partition coefficient (Wildman–Crippen LogP) is 5.89. The molecule has 2 N–H and O–H groups in total. The molecule has 4 nitrogen and oxygen atoms in total. The molecule has 4 saturated carbocycles. The molecule has 4 fully saturated rings. The first-order valence-corrected chi connectivity index (χ1v) is 14.2. The Balaban J connectivity index is 1.65. The zero-order valence-corrected chi connectivity index (χ0v) is 23.3. The summed E-state index contributed by atoms with van der Waals surface area (Å²) in [5.41, 5.74) is -0.770. The summed E-state index contributed by atoms with van der Waals surface area (Å²) in [5, 5.41) is 22.9. The van der Waals surface area contributed by atoms with Crippen LogP contribution in [0.3, 0.4) is 0 Å². The molecule has 4 heteroatoms. The quantitative estimate of drug-likeness (QED) is 0.455. The van der Waals surface area contributed by atoms with E-state index in [0.717, 1.165) is 44.9 Å². The molecule has 5 rings (SSSR count). The van der Waals surface area contributed by atoms with Crippen molar-refractivity contribution < 1.29 is 19.8 Å². The first kappa shape index (κ1) is 25.6. The smallest absolute Gasteiger partial charge is 0.167 e. The summed E-state index contributed by atoms with van der Waals surface area (Å²) in [6.07, 6.45) is 8.62. The molecule has 3 unspecified atom stereocenters. The van der Waals surface area contributed by atoms with Gasteiger partial charge in [0.15, 0.2) is 5.78 Å². The van der Waals surface area contributed by atoms with Gasteiger partial charge in [0.05, 0.1) is 5.60 Å². The summed E-state index contributed by atoms with van der Waals surface area (Å²) in [6.45, 7) is 17.2. The second-order valence-electron chi connectivity index (χ2n) is 14.9. The van der Waals surface area contributed by atoms with Crippen LogP contribution in [0.2, 0.25) is 0 Å². The van der Waals surface area contributed by atoms with E-state index in [0.29, 0.717) is 12.3 Å². The number of fused-ring (bicyclic) bond motifs is 7. The Kier molecular flexibility index (Phi) is 5.35. The summed E-state index contributed by atoms with van der Waals surface area (Å²) >= 11 is 0. The van der Waals surface area contributed by atoms with Crippen LogP contribution in [0.5, 0.6) is 0 Å². The van der Waals surface area contributed by atoms with Crippen LogP contribution in [-0.4, -0.2) is 33.5 Å². The van der Waals surface area contributed by atoms with Crippen LogP contribution in [0.15, 0.2) is 11.6 Å². The third-order valence-electron chi connectivity index (χ3n) is 13.5. The number of hydrogen-bond donors (Lipinski definition) is 2. The topological polar surface area (TPSA) is 74.6 Å². The molecule has 0 aromatic heterocycles. The van der Waals surface area contributed by atoms with E-state index in [4.69, 9.17) is 0 Å². The molecule has 5 aliphatic rings. The average Bonchev–Trinajstić information content (AvgIpc) is 2.75. The number of rotatable bonds is 1. The molecule has 196 valence electrons. The molecule has 0 aromatic rings. The SMILES string of the molecule is CC(=O)[C@]12CC[C@@H](C)[C@@](C)(O)C1C1=CCC3[C@@]4(C)C[C@@H](O)C(=O)C(C)(C)C4CC[C@@]3(C)[C@]1(C)CC2. The number of ketones is 2. The Hall–Kier alpha value is -1.00. The van der Waals surface area contributed by atoms with E-state index >= 15 is 0 Å². The van der Waals surface area contributed by atoms with Crippen molar-refractivity contribution in [3.05, 3.63) is 11.6 Å². The monoisotopic (exact) mass is 484 g/mol. The minimum atomic E-state index is -0.906. The molecular weight excluding hydrogens is 436 g/mol. The zero-order valence-electron chi connectivity index (χ0n) is 23.3. The molecule has 0 saturated heterocycles. The van der Waals surface area contributed by atoms with E-state index in [2.05, 4.69) is 47.6 Å². The van der Waals surface area contributed by atoms with Gasteiger partial charge >= 0.3 is 0 Å². The number of carbonyl (C=O) groups excluding carboxylic acids is 2. The van der Waals surface area contributed by atoms with E-state index in [1.54, 1.807) is 6.92 Å². The molecule has 0 spiro atoms. The second kappa shape index (κ2) is 7.31. The molecule has 0 aromatic carbocycles. The number of aliphatic hydroxyl groups is 2. The molecule has 35 heavy (non-hydrogen) atoms. The molecule has 10 atom stereocenters. The largest absolute Gasteiger partial charge is 0.389 e. The van der Waals surface area contributed by atoms with E-state index < -0.39 is 22.5 Å². The molecule has 0 radical (unpaired) electrons. The lowest BCUT2D eigenvalue weighted by molar-refractivity contribution is -0.208. The Morgan fingerprint density at radius 2 is 1.63 bits per heavy atom. The highest BCUT2D eigenvalue weighted by Crippen LogP contribution is 2.75. The van der Waals surface area contributed by atoms with Crippen LogP contribution < -0.4 is 0 Å². The lowest BCUT2D eigenvalue weighted by Crippen LogP contribution is -2.68.